The van der Waals surface area contributed by atoms with Crippen LogP contribution in [0.2, 0.25) is 0 Å². The van der Waals surface area contributed by atoms with Crippen molar-refractivity contribution in [2.24, 2.45) is 5.92 Å². The normalized spacial score (nSPS) is 22.6. The third-order valence-corrected chi connectivity index (χ3v) is 2.50. The van der Waals surface area contributed by atoms with Crippen molar-refractivity contribution in [3.63, 3.8) is 0 Å². The summed E-state index contributed by atoms with van der Waals surface area (Å²) in [4.78, 5) is 0. The quantitative estimate of drug-likeness (QED) is 0.446. The van der Waals surface area contributed by atoms with Gasteiger partial charge in [-0.25, -0.2) is 0 Å². The predicted molar refractivity (Wildman–Crippen MR) is 58.8 cm³/mol. The average Bonchev–Trinajstić information content (AvgIpc) is 2.91. The monoisotopic (exact) mass is 200 g/mol. The summed E-state index contributed by atoms with van der Waals surface area (Å²) in [5, 5.41) is 0.265. The number of hydrogen-bond acceptors (Lipinski definition) is 0. The summed E-state index contributed by atoms with van der Waals surface area (Å²) in [7, 11) is 0. The lowest BCUT2D eigenvalue weighted by Crippen LogP contribution is -1.71. The average molecular weight is 201 g/mol. The molecule has 0 saturated heterocycles. The van der Waals surface area contributed by atoms with E-state index in [4.69, 9.17) is 11.6 Å². The van der Waals surface area contributed by atoms with Gasteiger partial charge in [-0.1, -0.05) is 30.0 Å². The molecule has 0 N–H and O–H groups in total. The van der Waals surface area contributed by atoms with Crippen LogP contribution in [0.4, 0.5) is 0 Å². The molecule has 2 atom stereocenters. The SMILES string of the molecule is Cl[C@H]1C[C@@H]1C#CC#Cc1ccccc1. The van der Waals surface area contributed by atoms with Crippen LogP contribution in [-0.4, -0.2) is 5.38 Å². The second-order valence-corrected chi connectivity index (χ2v) is 3.80. The first-order valence-corrected chi connectivity index (χ1v) is 5.00. The van der Waals surface area contributed by atoms with Crippen LogP contribution in [0.3, 0.4) is 0 Å². The van der Waals surface area contributed by atoms with Gasteiger partial charge in [-0.2, -0.15) is 0 Å². The van der Waals surface area contributed by atoms with Crippen LogP contribution in [0, 0.1) is 29.6 Å². The largest absolute Gasteiger partial charge is 0.122 e. The third-order valence-electron chi connectivity index (χ3n) is 2.01. The molecule has 0 nitrogen and oxygen atoms in total. The van der Waals surface area contributed by atoms with Crippen LogP contribution in [0.1, 0.15) is 12.0 Å². The molecule has 0 unspecified atom stereocenters. The second kappa shape index (κ2) is 4.23. The van der Waals surface area contributed by atoms with Crippen LogP contribution in [0.5, 0.6) is 0 Å². The molecule has 1 aromatic rings. The van der Waals surface area contributed by atoms with E-state index in [-0.39, 0.29) is 5.38 Å². The Morgan fingerprint density at radius 1 is 1.14 bits per heavy atom. The van der Waals surface area contributed by atoms with Crippen LogP contribution >= 0.6 is 11.6 Å². The van der Waals surface area contributed by atoms with Crippen molar-refractivity contribution < 1.29 is 0 Å². The highest BCUT2D eigenvalue weighted by molar-refractivity contribution is 6.22. The van der Waals surface area contributed by atoms with E-state index in [2.05, 4.69) is 23.7 Å². The van der Waals surface area contributed by atoms with E-state index in [0.717, 1.165) is 12.0 Å². The summed E-state index contributed by atoms with van der Waals surface area (Å²) in [5.74, 6) is 12.0. The zero-order chi connectivity index (χ0) is 9.80. The van der Waals surface area contributed by atoms with E-state index >= 15 is 0 Å². The summed E-state index contributed by atoms with van der Waals surface area (Å²) in [5.41, 5.74) is 1.00. The Bertz CT molecular complexity index is 425. The zero-order valence-electron chi connectivity index (χ0n) is 7.63. The Morgan fingerprint density at radius 2 is 1.86 bits per heavy atom. The molecule has 0 radical (unpaired) electrons. The van der Waals surface area contributed by atoms with Crippen molar-refractivity contribution in [2.75, 3.05) is 0 Å². The van der Waals surface area contributed by atoms with E-state index in [1.807, 2.05) is 30.3 Å². The van der Waals surface area contributed by atoms with Crippen molar-refractivity contribution in [1.29, 1.82) is 0 Å². The summed E-state index contributed by atoms with van der Waals surface area (Å²) in [6.07, 6.45) is 1.02. The first kappa shape index (κ1) is 9.20. The Kier molecular flexibility index (Phi) is 2.78. The Hall–Kier alpha value is -1.37. The third kappa shape index (κ3) is 2.56. The number of halogens is 1. The fraction of sp³-hybridized carbons (Fsp3) is 0.231. The van der Waals surface area contributed by atoms with Gasteiger partial charge in [0.25, 0.3) is 0 Å². The van der Waals surface area contributed by atoms with Crippen LogP contribution in [0.15, 0.2) is 30.3 Å². The molecule has 1 aliphatic carbocycles. The fourth-order valence-electron chi connectivity index (χ4n) is 1.07. The van der Waals surface area contributed by atoms with Gasteiger partial charge in [0, 0.05) is 16.9 Å². The van der Waals surface area contributed by atoms with Crippen molar-refractivity contribution >= 4 is 11.6 Å². The molecule has 68 valence electrons. The first-order chi connectivity index (χ1) is 6.86. The minimum Gasteiger partial charge on any atom is -0.122 e. The van der Waals surface area contributed by atoms with Gasteiger partial charge >= 0.3 is 0 Å². The molecule has 14 heavy (non-hydrogen) atoms. The minimum absolute atomic E-state index is 0.265. The molecule has 0 aliphatic heterocycles. The number of hydrogen-bond donors (Lipinski definition) is 0. The van der Waals surface area contributed by atoms with E-state index < -0.39 is 0 Å². The topological polar surface area (TPSA) is 0 Å². The molecular weight excluding hydrogens is 192 g/mol. The molecule has 0 spiro atoms. The molecule has 0 bridgehead atoms. The summed E-state index contributed by atoms with van der Waals surface area (Å²) >= 11 is 5.80. The standard InChI is InChI=1S/C13H9Cl/c14-13-10-12(13)9-5-4-8-11-6-2-1-3-7-11/h1-3,6-7,12-13H,10H2/t12-,13-/m0/s1. The molecule has 0 amide bonds. The van der Waals surface area contributed by atoms with Gasteiger partial charge in [0.1, 0.15) is 0 Å². The van der Waals surface area contributed by atoms with Crippen molar-refractivity contribution in [2.45, 2.75) is 11.8 Å². The summed E-state index contributed by atoms with van der Waals surface area (Å²) in [6.45, 7) is 0. The zero-order valence-corrected chi connectivity index (χ0v) is 8.38. The van der Waals surface area contributed by atoms with E-state index in [1.165, 1.54) is 0 Å². The van der Waals surface area contributed by atoms with E-state index in [0.29, 0.717) is 5.92 Å². The maximum Gasteiger partial charge on any atom is 0.0486 e. The molecular formula is C13H9Cl. The smallest absolute Gasteiger partial charge is 0.0486 e. The van der Waals surface area contributed by atoms with Crippen molar-refractivity contribution in [3.8, 4) is 23.7 Å². The minimum atomic E-state index is 0.265. The molecule has 1 fully saturated rings. The lowest BCUT2D eigenvalue weighted by molar-refractivity contribution is 1.18. The molecule has 1 saturated carbocycles. The maximum absolute atomic E-state index is 5.80. The molecule has 0 aromatic heterocycles. The molecule has 1 heteroatoms. The number of benzene rings is 1. The number of alkyl halides is 1. The summed E-state index contributed by atoms with van der Waals surface area (Å²) in [6, 6.07) is 9.84. The molecule has 1 aliphatic rings. The van der Waals surface area contributed by atoms with Gasteiger partial charge in [-0.15, -0.1) is 11.6 Å². The maximum atomic E-state index is 5.80. The van der Waals surface area contributed by atoms with Gasteiger partial charge < -0.3 is 0 Å². The first-order valence-electron chi connectivity index (χ1n) is 4.57. The number of rotatable bonds is 0. The molecule has 2 rings (SSSR count). The molecule has 1 aromatic carbocycles. The Labute approximate surface area is 89.3 Å². The van der Waals surface area contributed by atoms with Crippen molar-refractivity contribution in [3.05, 3.63) is 35.9 Å². The highest BCUT2D eigenvalue weighted by Gasteiger charge is 2.33. The van der Waals surface area contributed by atoms with Crippen LogP contribution in [-0.2, 0) is 0 Å². The lowest BCUT2D eigenvalue weighted by atomic mass is 10.2. The van der Waals surface area contributed by atoms with E-state index in [1.54, 1.807) is 0 Å². The van der Waals surface area contributed by atoms with Crippen LogP contribution in [0.25, 0.3) is 0 Å². The second-order valence-electron chi connectivity index (χ2n) is 3.24. The van der Waals surface area contributed by atoms with Gasteiger partial charge in [0.05, 0.1) is 0 Å². The summed E-state index contributed by atoms with van der Waals surface area (Å²) < 4.78 is 0. The Morgan fingerprint density at radius 3 is 2.50 bits per heavy atom. The van der Waals surface area contributed by atoms with Crippen LogP contribution < -0.4 is 0 Å². The predicted octanol–water partition coefficient (Wildman–Crippen LogP) is 2.67. The van der Waals surface area contributed by atoms with Gasteiger partial charge in [0.2, 0.25) is 0 Å². The fourth-order valence-corrected chi connectivity index (χ4v) is 1.32. The highest BCUT2D eigenvalue weighted by atomic mass is 35.5. The van der Waals surface area contributed by atoms with Crippen molar-refractivity contribution in [1.82, 2.24) is 0 Å². The van der Waals surface area contributed by atoms with E-state index in [9.17, 15) is 0 Å². The van der Waals surface area contributed by atoms with Gasteiger partial charge in [-0.3, -0.25) is 0 Å². The Balaban J connectivity index is 1.96. The van der Waals surface area contributed by atoms with Gasteiger partial charge in [-0.05, 0) is 30.4 Å². The molecule has 0 heterocycles. The highest BCUT2D eigenvalue weighted by Crippen LogP contribution is 2.34. The van der Waals surface area contributed by atoms with Gasteiger partial charge in [0.15, 0.2) is 0 Å². The lowest BCUT2D eigenvalue weighted by Gasteiger charge is -1.83.